The number of carbonyl (C=O) groups is 2. The van der Waals surface area contributed by atoms with Crippen LogP contribution >= 0.6 is 0 Å². The third-order valence-corrected chi connectivity index (χ3v) is 2.62. The first-order valence-corrected chi connectivity index (χ1v) is 4.93. The molecule has 0 fully saturated rings. The van der Waals surface area contributed by atoms with Crippen molar-refractivity contribution in [3.63, 3.8) is 0 Å². The zero-order chi connectivity index (χ0) is 12.0. The smallest absolute Gasteiger partial charge is 0.220 e. The van der Waals surface area contributed by atoms with Gasteiger partial charge < -0.3 is 5.11 Å². The quantitative estimate of drug-likeness (QED) is 0.417. The van der Waals surface area contributed by atoms with Crippen LogP contribution in [0.4, 0.5) is 0 Å². The van der Waals surface area contributed by atoms with E-state index in [1.54, 1.807) is 24.3 Å². The maximum absolute atomic E-state index is 11.7. The van der Waals surface area contributed by atoms with Gasteiger partial charge in [0.1, 0.15) is 17.0 Å². The molecule has 0 atom stereocenters. The summed E-state index contributed by atoms with van der Waals surface area (Å²) in [6, 6.07) is 6.96. The molecule has 1 aromatic heterocycles. The molecule has 0 amide bonds. The third-order valence-electron chi connectivity index (χ3n) is 2.62. The maximum Gasteiger partial charge on any atom is 0.220 e. The number of rotatable bonds is 0. The number of aliphatic hydroxyl groups is 1. The van der Waals surface area contributed by atoms with Crippen molar-refractivity contribution >= 4 is 22.6 Å². The van der Waals surface area contributed by atoms with Gasteiger partial charge in [-0.2, -0.15) is 0 Å². The fourth-order valence-electron chi connectivity index (χ4n) is 1.79. The number of nitrogens with zero attached hydrogens (tertiary/aromatic N) is 2. The van der Waals surface area contributed by atoms with E-state index in [4.69, 9.17) is 5.11 Å². The van der Waals surface area contributed by atoms with Gasteiger partial charge in [0.05, 0.1) is 17.3 Å². The zero-order valence-electron chi connectivity index (χ0n) is 8.54. The number of para-hydroxylation sites is 2. The zero-order valence-corrected chi connectivity index (χ0v) is 8.54. The van der Waals surface area contributed by atoms with Gasteiger partial charge in [-0.3, -0.25) is 9.59 Å². The topological polar surface area (TPSA) is 80.1 Å². The molecular formula is C12H6N2O3. The van der Waals surface area contributed by atoms with Crippen LogP contribution in [0.25, 0.3) is 11.0 Å². The molecular weight excluding hydrogens is 220 g/mol. The number of ketones is 2. The molecule has 1 aromatic carbocycles. The highest BCUT2D eigenvalue weighted by molar-refractivity contribution is 6.38. The molecule has 0 saturated carbocycles. The van der Waals surface area contributed by atoms with Crippen molar-refractivity contribution < 1.29 is 14.7 Å². The molecule has 0 bridgehead atoms. The lowest BCUT2D eigenvalue weighted by molar-refractivity contribution is 0.0982. The molecule has 17 heavy (non-hydrogen) atoms. The highest BCUT2D eigenvalue weighted by atomic mass is 16.2. The largest absolute Gasteiger partial charge is 0.515 e. The highest BCUT2D eigenvalue weighted by Gasteiger charge is 2.36. The van der Waals surface area contributed by atoms with E-state index in [0.29, 0.717) is 17.3 Å². The predicted molar refractivity (Wildman–Crippen MR) is 58.9 cm³/mol. The molecule has 5 heteroatoms. The van der Waals surface area contributed by atoms with E-state index in [-0.39, 0.29) is 17.0 Å². The summed E-state index contributed by atoms with van der Waals surface area (Å²) >= 11 is 0. The van der Waals surface area contributed by atoms with Crippen LogP contribution < -0.4 is 0 Å². The van der Waals surface area contributed by atoms with Crippen LogP contribution in [0.2, 0.25) is 0 Å². The van der Waals surface area contributed by atoms with Crippen LogP contribution in [0.1, 0.15) is 21.0 Å². The standard InChI is InChI=1S/C12H6N2O3/c15-5-6-11(16)9-10(12(6)17)14-8-4-2-1-3-7(8)13-9/h1-5,15H. The fraction of sp³-hybridized carbons (Fsp3) is 0. The van der Waals surface area contributed by atoms with Gasteiger partial charge in [-0.05, 0) is 12.1 Å². The molecule has 0 spiro atoms. The second-order valence-corrected chi connectivity index (χ2v) is 3.61. The summed E-state index contributed by atoms with van der Waals surface area (Å²) in [6.07, 6.45) is 0.513. The number of aromatic nitrogens is 2. The van der Waals surface area contributed by atoms with Crippen molar-refractivity contribution in [1.29, 1.82) is 0 Å². The van der Waals surface area contributed by atoms with E-state index in [9.17, 15) is 9.59 Å². The second kappa shape index (κ2) is 3.21. The average molecular weight is 226 g/mol. The lowest BCUT2D eigenvalue weighted by Gasteiger charge is -1.98. The first-order chi connectivity index (χ1) is 8.22. The van der Waals surface area contributed by atoms with Crippen LogP contribution in [0.5, 0.6) is 0 Å². The lowest BCUT2D eigenvalue weighted by atomic mass is 10.2. The van der Waals surface area contributed by atoms with Gasteiger partial charge in [0.2, 0.25) is 11.6 Å². The Morgan fingerprint density at radius 1 is 0.941 bits per heavy atom. The number of fused-ring (bicyclic) bond motifs is 2. The summed E-state index contributed by atoms with van der Waals surface area (Å²) in [5.74, 6) is -1.16. The van der Waals surface area contributed by atoms with E-state index < -0.39 is 11.6 Å². The summed E-state index contributed by atoms with van der Waals surface area (Å²) in [6.45, 7) is 0. The second-order valence-electron chi connectivity index (χ2n) is 3.61. The summed E-state index contributed by atoms with van der Waals surface area (Å²) in [5, 5.41) is 8.86. The van der Waals surface area contributed by atoms with Gasteiger partial charge in [-0.15, -0.1) is 0 Å². The van der Waals surface area contributed by atoms with Crippen molar-refractivity contribution in [2.45, 2.75) is 0 Å². The predicted octanol–water partition coefficient (Wildman–Crippen LogP) is 1.45. The summed E-state index contributed by atoms with van der Waals surface area (Å²) < 4.78 is 0. The Labute approximate surface area is 95.4 Å². The average Bonchev–Trinajstić information content (AvgIpc) is 2.59. The Morgan fingerprint density at radius 3 is 1.82 bits per heavy atom. The van der Waals surface area contributed by atoms with Gasteiger partial charge >= 0.3 is 0 Å². The number of aliphatic hydroxyl groups excluding tert-OH is 1. The summed E-state index contributed by atoms with van der Waals surface area (Å²) in [5.41, 5.74) is 0.830. The van der Waals surface area contributed by atoms with Crippen LogP contribution in [-0.2, 0) is 0 Å². The van der Waals surface area contributed by atoms with E-state index >= 15 is 0 Å². The Balaban J connectivity index is 2.38. The minimum absolute atomic E-state index is 0.00833. The van der Waals surface area contributed by atoms with Crippen molar-refractivity contribution in [1.82, 2.24) is 9.97 Å². The van der Waals surface area contributed by atoms with Crippen molar-refractivity contribution in [3.05, 3.63) is 47.5 Å². The first kappa shape index (κ1) is 9.65. The molecule has 1 aliphatic carbocycles. The van der Waals surface area contributed by atoms with Gasteiger partial charge in [-0.1, -0.05) is 12.1 Å². The monoisotopic (exact) mass is 226 g/mol. The fourth-order valence-corrected chi connectivity index (χ4v) is 1.79. The lowest BCUT2D eigenvalue weighted by Crippen LogP contribution is -2.00. The highest BCUT2D eigenvalue weighted by Crippen LogP contribution is 2.24. The Kier molecular flexibility index (Phi) is 1.82. The van der Waals surface area contributed by atoms with Crippen LogP contribution in [-0.4, -0.2) is 26.6 Å². The number of hydrogen-bond acceptors (Lipinski definition) is 5. The van der Waals surface area contributed by atoms with E-state index in [1.807, 2.05) is 0 Å². The molecule has 0 unspecified atom stereocenters. The Morgan fingerprint density at radius 2 is 1.41 bits per heavy atom. The first-order valence-electron chi connectivity index (χ1n) is 4.93. The number of benzene rings is 1. The summed E-state index contributed by atoms with van der Waals surface area (Å²) in [7, 11) is 0. The van der Waals surface area contributed by atoms with Crippen molar-refractivity contribution in [3.8, 4) is 0 Å². The molecule has 5 nitrogen and oxygen atoms in total. The molecule has 1 heterocycles. The van der Waals surface area contributed by atoms with Crippen LogP contribution in [0.3, 0.4) is 0 Å². The minimum Gasteiger partial charge on any atom is -0.515 e. The van der Waals surface area contributed by atoms with E-state index in [2.05, 4.69) is 9.97 Å². The normalized spacial score (nSPS) is 14.2. The van der Waals surface area contributed by atoms with Gasteiger partial charge in [-0.25, -0.2) is 9.97 Å². The number of Topliss-reactive ketones (excluding diaryl/α,β-unsaturated/α-hetero) is 2. The van der Waals surface area contributed by atoms with Crippen LogP contribution in [0.15, 0.2) is 36.1 Å². The molecule has 1 N–H and O–H groups in total. The van der Waals surface area contributed by atoms with E-state index in [1.165, 1.54) is 0 Å². The third kappa shape index (κ3) is 1.19. The molecule has 3 rings (SSSR count). The Hall–Kier alpha value is -2.56. The number of allylic oxidation sites excluding steroid dienone is 1. The number of carbonyl (C=O) groups excluding carboxylic acids is 2. The molecule has 0 saturated heterocycles. The molecule has 1 aliphatic rings. The summed E-state index contributed by atoms with van der Waals surface area (Å²) in [4.78, 5) is 31.7. The van der Waals surface area contributed by atoms with E-state index in [0.717, 1.165) is 0 Å². The maximum atomic E-state index is 11.7. The SMILES string of the molecule is O=C1C(=CO)C(=O)c2nc3ccccc3nc21. The molecule has 0 radical (unpaired) electrons. The van der Waals surface area contributed by atoms with Crippen molar-refractivity contribution in [2.24, 2.45) is 0 Å². The number of hydrogen-bond donors (Lipinski definition) is 1. The molecule has 2 aromatic rings. The Bertz CT molecular complexity index is 647. The van der Waals surface area contributed by atoms with Crippen molar-refractivity contribution in [2.75, 3.05) is 0 Å². The van der Waals surface area contributed by atoms with Gasteiger partial charge in [0.25, 0.3) is 0 Å². The minimum atomic E-state index is -0.578. The van der Waals surface area contributed by atoms with Gasteiger partial charge in [0, 0.05) is 0 Å². The molecule has 82 valence electrons. The molecule has 0 aliphatic heterocycles. The van der Waals surface area contributed by atoms with Crippen LogP contribution in [0, 0.1) is 0 Å². The van der Waals surface area contributed by atoms with Gasteiger partial charge in [0.15, 0.2) is 0 Å².